The molecule has 0 unspecified atom stereocenters. The number of primary amides is 1. The summed E-state index contributed by atoms with van der Waals surface area (Å²) in [5.41, 5.74) is 4.83. The fourth-order valence-corrected chi connectivity index (χ4v) is 1.60. The number of carbonyl (C=O) groups excluding carboxylic acids is 3. The molecule has 0 bridgehead atoms. The maximum atomic E-state index is 12.0. The van der Waals surface area contributed by atoms with E-state index < -0.39 is 23.5 Å². The highest BCUT2D eigenvalue weighted by Crippen LogP contribution is 2.13. The number of nitrogens with two attached hydrogens (primary N) is 1. The molecule has 0 saturated heterocycles. The first-order valence-corrected chi connectivity index (χ1v) is 7.12. The van der Waals surface area contributed by atoms with Crippen LogP contribution in [0, 0.1) is 0 Å². The van der Waals surface area contributed by atoms with Crippen molar-refractivity contribution in [2.24, 2.45) is 5.73 Å². The Labute approximate surface area is 135 Å². The van der Waals surface area contributed by atoms with Gasteiger partial charge in [-0.1, -0.05) is 0 Å². The quantitative estimate of drug-likeness (QED) is 0.760. The number of nitrogens with one attached hydrogen (secondary N) is 1. The molecule has 1 atom stereocenters. The topological polar surface area (TPSA) is 108 Å². The van der Waals surface area contributed by atoms with Gasteiger partial charge in [-0.25, -0.2) is 4.79 Å². The molecule has 0 heterocycles. The molecule has 0 spiro atoms. The van der Waals surface area contributed by atoms with Crippen molar-refractivity contribution < 1.29 is 23.9 Å². The minimum Gasteiger partial charge on any atom is -0.484 e. The second-order valence-electron chi connectivity index (χ2n) is 6.07. The van der Waals surface area contributed by atoms with Gasteiger partial charge in [0.25, 0.3) is 11.8 Å². The van der Waals surface area contributed by atoms with Crippen molar-refractivity contribution in [2.75, 3.05) is 6.61 Å². The lowest BCUT2D eigenvalue weighted by molar-refractivity contribution is -0.130. The van der Waals surface area contributed by atoms with Crippen LogP contribution in [0.15, 0.2) is 24.3 Å². The third-order valence-corrected chi connectivity index (χ3v) is 2.62. The van der Waals surface area contributed by atoms with Crippen LogP contribution in [0.1, 0.15) is 38.1 Å². The van der Waals surface area contributed by atoms with Crippen molar-refractivity contribution in [2.45, 2.75) is 39.3 Å². The van der Waals surface area contributed by atoms with E-state index in [1.165, 1.54) is 31.2 Å². The summed E-state index contributed by atoms with van der Waals surface area (Å²) < 4.78 is 10.2. The third-order valence-electron chi connectivity index (χ3n) is 2.62. The highest BCUT2D eigenvalue weighted by molar-refractivity contribution is 5.92. The summed E-state index contributed by atoms with van der Waals surface area (Å²) >= 11 is 0. The third kappa shape index (κ3) is 6.82. The molecule has 0 aliphatic heterocycles. The van der Waals surface area contributed by atoms with E-state index in [1.54, 1.807) is 0 Å². The Morgan fingerprint density at radius 2 is 1.74 bits per heavy atom. The Bertz CT molecular complexity index is 575. The zero-order valence-corrected chi connectivity index (χ0v) is 13.7. The van der Waals surface area contributed by atoms with E-state index in [-0.39, 0.29) is 18.1 Å². The van der Waals surface area contributed by atoms with Crippen LogP contribution in [0.4, 0.5) is 0 Å². The molecular weight excluding hydrogens is 300 g/mol. The molecule has 0 radical (unpaired) electrons. The van der Waals surface area contributed by atoms with Crippen LogP contribution in [0.2, 0.25) is 0 Å². The standard InChI is InChI=1S/C16H22N2O5/c1-10(14(20)18-16(2,3)4)23-15(21)11-5-7-12(8-6-11)22-9-13(17)19/h5-8,10H,9H2,1-4H3,(H2,17,19)(H,18,20)/t10-/m0/s1. The van der Waals surface area contributed by atoms with Crippen molar-refractivity contribution in [1.82, 2.24) is 5.32 Å². The summed E-state index contributed by atoms with van der Waals surface area (Å²) in [6.07, 6.45) is -0.910. The van der Waals surface area contributed by atoms with Crippen LogP contribution in [-0.2, 0) is 14.3 Å². The zero-order valence-electron chi connectivity index (χ0n) is 13.7. The number of esters is 1. The van der Waals surface area contributed by atoms with E-state index in [9.17, 15) is 14.4 Å². The largest absolute Gasteiger partial charge is 0.484 e. The number of benzene rings is 1. The summed E-state index contributed by atoms with van der Waals surface area (Å²) in [5, 5.41) is 2.73. The maximum absolute atomic E-state index is 12.0. The summed E-state index contributed by atoms with van der Waals surface area (Å²) in [6, 6.07) is 5.99. The summed E-state index contributed by atoms with van der Waals surface area (Å²) in [7, 11) is 0. The zero-order chi connectivity index (χ0) is 17.6. The van der Waals surface area contributed by atoms with Gasteiger partial charge in [0.05, 0.1) is 5.56 Å². The van der Waals surface area contributed by atoms with Gasteiger partial charge in [0.1, 0.15) is 5.75 Å². The summed E-state index contributed by atoms with van der Waals surface area (Å²) in [6.45, 7) is 6.77. The van der Waals surface area contributed by atoms with Gasteiger partial charge in [0.2, 0.25) is 0 Å². The second-order valence-corrected chi connectivity index (χ2v) is 6.07. The van der Waals surface area contributed by atoms with Gasteiger partial charge < -0.3 is 20.5 Å². The Morgan fingerprint density at radius 1 is 1.17 bits per heavy atom. The van der Waals surface area contributed by atoms with Gasteiger partial charge in [0.15, 0.2) is 12.7 Å². The molecule has 1 rings (SSSR count). The lowest BCUT2D eigenvalue weighted by Crippen LogP contribution is -2.46. The van der Waals surface area contributed by atoms with E-state index in [0.29, 0.717) is 5.75 Å². The number of amides is 2. The average Bonchev–Trinajstić information content (AvgIpc) is 2.43. The van der Waals surface area contributed by atoms with Gasteiger partial charge >= 0.3 is 5.97 Å². The fourth-order valence-electron chi connectivity index (χ4n) is 1.60. The number of hydrogen-bond acceptors (Lipinski definition) is 5. The van der Waals surface area contributed by atoms with Crippen LogP contribution in [0.3, 0.4) is 0 Å². The predicted molar refractivity (Wildman–Crippen MR) is 83.9 cm³/mol. The highest BCUT2D eigenvalue weighted by atomic mass is 16.5. The number of rotatable bonds is 6. The molecule has 23 heavy (non-hydrogen) atoms. The van der Waals surface area contributed by atoms with Crippen LogP contribution in [0.5, 0.6) is 5.75 Å². The molecule has 2 amide bonds. The molecule has 0 saturated carbocycles. The first-order valence-electron chi connectivity index (χ1n) is 7.12. The molecule has 7 nitrogen and oxygen atoms in total. The van der Waals surface area contributed by atoms with Crippen molar-refractivity contribution in [1.29, 1.82) is 0 Å². The van der Waals surface area contributed by atoms with Crippen molar-refractivity contribution in [3.8, 4) is 5.75 Å². The molecule has 0 aliphatic rings. The lowest BCUT2D eigenvalue weighted by Gasteiger charge is -2.23. The second kappa shape index (κ2) is 7.62. The number of carbonyl (C=O) groups is 3. The predicted octanol–water partition coefficient (Wildman–Crippen LogP) is 1.01. The van der Waals surface area contributed by atoms with Gasteiger partial charge in [-0.05, 0) is 52.0 Å². The van der Waals surface area contributed by atoms with Gasteiger partial charge in [0, 0.05) is 5.54 Å². The van der Waals surface area contributed by atoms with E-state index >= 15 is 0 Å². The van der Waals surface area contributed by atoms with Crippen molar-refractivity contribution in [3.05, 3.63) is 29.8 Å². The molecule has 7 heteroatoms. The Morgan fingerprint density at radius 3 is 2.22 bits per heavy atom. The molecule has 0 aliphatic carbocycles. The molecule has 1 aromatic carbocycles. The monoisotopic (exact) mass is 322 g/mol. The van der Waals surface area contributed by atoms with Gasteiger partial charge in [-0.15, -0.1) is 0 Å². The molecule has 0 aromatic heterocycles. The lowest BCUT2D eigenvalue weighted by atomic mass is 10.1. The number of ether oxygens (including phenoxy) is 2. The summed E-state index contributed by atoms with van der Waals surface area (Å²) in [5.74, 6) is -1.18. The Hall–Kier alpha value is -2.57. The minimum absolute atomic E-state index is 0.242. The van der Waals surface area contributed by atoms with E-state index in [4.69, 9.17) is 15.2 Å². The molecule has 0 fully saturated rings. The van der Waals surface area contributed by atoms with Crippen molar-refractivity contribution >= 4 is 17.8 Å². The normalized spacial score (nSPS) is 12.2. The molecule has 3 N–H and O–H groups in total. The van der Waals surface area contributed by atoms with Crippen LogP contribution < -0.4 is 15.8 Å². The van der Waals surface area contributed by atoms with Gasteiger partial charge in [-0.2, -0.15) is 0 Å². The summed E-state index contributed by atoms with van der Waals surface area (Å²) in [4.78, 5) is 34.5. The molecule has 126 valence electrons. The maximum Gasteiger partial charge on any atom is 0.338 e. The van der Waals surface area contributed by atoms with E-state index in [2.05, 4.69) is 5.32 Å². The average molecular weight is 322 g/mol. The minimum atomic E-state index is -0.910. The van der Waals surface area contributed by atoms with Gasteiger partial charge in [-0.3, -0.25) is 9.59 Å². The first-order chi connectivity index (χ1) is 10.6. The Balaban J connectivity index is 2.60. The highest BCUT2D eigenvalue weighted by Gasteiger charge is 2.22. The smallest absolute Gasteiger partial charge is 0.338 e. The fraction of sp³-hybridized carbons (Fsp3) is 0.438. The van der Waals surface area contributed by atoms with Crippen molar-refractivity contribution in [3.63, 3.8) is 0 Å². The first kappa shape index (κ1) is 18.5. The number of hydrogen-bond donors (Lipinski definition) is 2. The van der Waals surface area contributed by atoms with Crippen LogP contribution in [-0.4, -0.2) is 36.0 Å². The SMILES string of the molecule is C[C@H](OC(=O)c1ccc(OCC(N)=O)cc1)C(=O)NC(C)(C)C. The van der Waals surface area contributed by atoms with Crippen LogP contribution in [0.25, 0.3) is 0 Å². The van der Waals surface area contributed by atoms with E-state index in [0.717, 1.165) is 0 Å². The van der Waals surface area contributed by atoms with Crippen LogP contribution >= 0.6 is 0 Å². The van der Waals surface area contributed by atoms with E-state index in [1.807, 2.05) is 20.8 Å². The molecular formula is C16H22N2O5. The Kier molecular flexibility index (Phi) is 6.12. The molecule has 1 aromatic rings.